The fourth-order valence-corrected chi connectivity index (χ4v) is 2.54. The van der Waals surface area contributed by atoms with Crippen LogP contribution in [0.5, 0.6) is 0 Å². The maximum absolute atomic E-state index is 13.8. The summed E-state index contributed by atoms with van der Waals surface area (Å²) in [6.45, 7) is 0.636. The molecule has 0 radical (unpaired) electrons. The number of nitrogens with zero attached hydrogens (tertiary/aromatic N) is 2. The van der Waals surface area contributed by atoms with Crippen LogP contribution in [0.15, 0.2) is 48.5 Å². The van der Waals surface area contributed by atoms with Crippen molar-refractivity contribution in [1.82, 2.24) is 0 Å². The molecule has 0 N–H and O–H groups in total. The van der Waals surface area contributed by atoms with Gasteiger partial charge in [-0.1, -0.05) is 30.3 Å². The van der Waals surface area contributed by atoms with Crippen molar-refractivity contribution in [3.63, 3.8) is 0 Å². The van der Waals surface area contributed by atoms with E-state index in [1.807, 2.05) is 24.3 Å². The number of amides is 2. The Labute approximate surface area is 117 Å². The molecule has 0 spiro atoms. The van der Waals surface area contributed by atoms with Crippen LogP contribution in [0.4, 0.5) is 20.6 Å². The van der Waals surface area contributed by atoms with E-state index in [1.165, 1.54) is 11.0 Å². The number of hydrogen-bond acceptors (Lipinski definition) is 1. The standard InChI is InChI=1S/C16H15FN2O/c1-18(15-9-5-3-7-13(15)17)16(20)19-11-10-12-6-2-4-8-14(12)19/h2-9H,10-11H2,1H3. The molecule has 20 heavy (non-hydrogen) atoms. The Kier molecular flexibility index (Phi) is 3.14. The first-order valence-corrected chi connectivity index (χ1v) is 6.56. The second kappa shape index (κ2) is 4.96. The fraction of sp³-hybridized carbons (Fsp3) is 0.188. The largest absolute Gasteiger partial charge is 0.328 e. The Morgan fingerprint density at radius 3 is 2.65 bits per heavy atom. The molecule has 2 aromatic rings. The highest BCUT2D eigenvalue weighted by Crippen LogP contribution is 2.29. The summed E-state index contributed by atoms with van der Waals surface area (Å²) in [5.74, 6) is -0.393. The summed E-state index contributed by atoms with van der Waals surface area (Å²) in [5.41, 5.74) is 2.37. The van der Waals surface area contributed by atoms with Crippen molar-refractivity contribution in [2.45, 2.75) is 6.42 Å². The van der Waals surface area contributed by atoms with Crippen LogP contribution in [0.1, 0.15) is 5.56 Å². The van der Waals surface area contributed by atoms with E-state index >= 15 is 0 Å². The van der Waals surface area contributed by atoms with Crippen LogP contribution < -0.4 is 9.80 Å². The normalized spacial score (nSPS) is 13.2. The lowest BCUT2D eigenvalue weighted by molar-refractivity contribution is 0.253. The number of hydrogen-bond donors (Lipinski definition) is 0. The SMILES string of the molecule is CN(C(=O)N1CCc2ccccc21)c1ccccc1F. The van der Waals surface area contributed by atoms with Gasteiger partial charge < -0.3 is 0 Å². The van der Waals surface area contributed by atoms with Crippen LogP contribution in [0.3, 0.4) is 0 Å². The number of benzene rings is 2. The average Bonchev–Trinajstić information content (AvgIpc) is 2.90. The van der Waals surface area contributed by atoms with Gasteiger partial charge in [0.15, 0.2) is 0 Å². The third-order valence-corrected chi connectivity index (χ3v) is 3.62. The summed E-state index contributed by atoms with van der Waals surface area (Å²) in [5, 5.41) is 0. The number of urea groups is 1. The Balaban J connectivity index is 1.89. The Hall–Kier alpha value is -2.36. The molecule has 1 heterocycles. The van der Waals surface area contributed by atoms with E-state index in [1.54, 1.807) is 30.1 Å². The van der Waals surface area contributed by atoms with Gasteiger partial charge in [-0.15, -0.1) is 0 Å². The van der Waals surface area contributed by atoms with Crippen molar-refractivity contribution < 1.29 is 9.18 Å². The lowest BCUT2D eigenvalue weighted by atomic mass is 10.2. The summed E-state index contributed by atoms with van der Waals surface area (Å²) in [7, 11) is 1.60. The number of carbonyl (C=O) groups is 1. The molecule has 2 aromatic carbocycles. The smallest absolute Gasteiger partial charge is 0.294 e. The molecule has 0 bridgehead atoms. The average molecular weight is 270 g/mol. The molecular weight excluding hydrogens is 255 g/mol. The van der Waals surface area contributed by atoms with Crippen molar-refractivity contribution in [3.05, 3.63) is 59.9 Å². The first-order valence-electron chi connectivity index (χ1n) is 6.56. The van der Waals surface area contributed by atoms with Crippen LogP contribution in [0, 0.1) is 5.82 Å². The number of rotatable bonds is 1. The van der Waals surface area contributed by atoms with Gasteiger partial charge in [0.1, 0.15) is 5.82 Å². The van der Waals surface area contributed by atoms with E-state index in [0.29, 0.717) is 12.2 Å². The number of halogens is 1. The number of anilines is 2. The highest BCUT2D eigenvalue weighted by atomic mass is 19.1. The fourth-order valence-electron chi connectivity index (χ4n) is 2.54. The van der Waals surface area contributed by atoms with Gasteiger partial charge in [0, 0.05) is 19.3 Å². The second-order valence-corrected chi connectivity index (χ2v) is 4.82. The molecule has 0 saturated heterocycles. The Morgan fingerprint density at radius 1 is 1.15 bits per heavy atom. The van der Waals surface area contributed by atoms with E-state index in [9.17, 15) is 9.18 Å². The van der Waals surface area contributed by atoms with Gasteiger partial charge in [0.05, 0.1) is 5.69 Å². The monoisotopic (exact) mass is 270 g/mol. The molecule has 0 unspecified atom stereocenters. The molecule has 1 aliphatic rings. The van der Waals surface area contributed by atoms with Crippen LogP contribution in [0.2, 0.25) is 0 Å². The highest BCUT2D eigenvalue weighted by molar-refractivity contribution is 6.04. The molecule has 4 heteroatoms. The summed E-state index contributed by atoms with van der Waals surface area (Å²) >= 11 is 0. The van der Waals surface area contributed by atoms with Crippen molar-refractivity contribution in [2.75, 3.05) is 23.4 Å². The van der Waals surface area contributed by atoms with Gasteiger partial charge in [-0.2, -0.15) is 0 Å². The lowest BCUT2D eigenvalue weighted by Crippen LogP contribution is -2.40. The van der Waals surface area contributed by atoms with E-state index in [4.69, 9.17) is 0 Å². The molecule has 2 amide bonds. The van der Waals surface area contributed by atoms with Crippen LogP contribution >= 0.6 is 0 Å². The minimum atomic E-state index is -0.393. The predicted molar refractivity (Wildman–Crippen MR) is 77.7 cm³/mol. The van der Waals surface area contributed by atoms with Crippen molar-refractivity contribution in [2.24, 2.45) is 0 Å². The zero-order valence-corrected chi connectivity index (χ0v) is 11.2. The van der Waals surface area contributed by atoms with Crippen LogP contribution in [-0.2, 0) is 6.42 Å². The zero-order valence-electron chi connectivity index (χ0n) is 11.2. The van der Waals surface area contributed by atoms with Gasteiger partial charge in [0.25, 0.3) is 0 Å². The molecule has 0 atom stereocenters. The minimum Gasteiger partial charge on any atom is -0.294 e. The quantitative estimate of drug-likeness (QED) is 0.778. The van der Waals surface area contributed by atoms with Gasteiger partial charge >= 0.3 is 6.03 Å². The number of fused-ring (bicyclic) bond motifs is 1. The third-order valence-electron chi connectivity index (χ3n) is 3.62. The third kappa shape index (κ3) is 2.03. The second-order valence-electron chi connectivity index (χ2n) is 4.82. The molecule has 1 aliphatic heterocycles. The molecule has 3 rings (SSSR count). The molecule has 102 valence electrons. The summed E-state index contributed by atoms with van der Waals surface area (Å²) < 4.78 is 13.8. The highest BCUT2D eigenvalue weighted by Gasteiger charge is 2.27. The number of para-hydroxylation sites is 2. The topological polar surface area (TPSA) is 23.6 Å². The number of carbonyl (C=O) groups excluding carboxylic acids is 1. The minimum absolute atomic E-state index is 0.208. The first kappa shape index (κ1) is 12.7. The van der Waals surface area contributed by atoms with Crippen LogP contribution in [0.25, 0.3) is 0 Å². The molecular formula is C16H15FN2O. The van der Waals surface area contributed by atoms with Crippen molar-refractivity contribution >= 4 is 17.4 Å². The van der Waals surface area contributed by atoms with Gasteiger partial charge in [-0.3, -0.25) is 9.80 Å². The van der Waals surface area contributed by atoms with E-state index in [0.717, 1.165) is 17.7 Å². The first-order chi connectivity index (χ1) is 9.68. The maximum Gasteiger partial charge on any atom is 0.328 e. The predicted octanol–water partition coefficient (Wildman–Crippen LogP) is 3.44. The Morgan fingerprint density at radius 2 is 1.85 bits per heavy atom. The van der Waals surface area contributed by atoms with Crippen LogP contribution in [-0.4, -0.2) is 19.6 Å². The maximum atomic E-state index is 13.8. The Bertz CT molecular complexity index is 656. The van der Waals surface area contributed by atoms with Gasteiger partial charge in [0.2, 0.25) is 0 Å². The van der Waals surface area contributed by atoms with E-state index in [2.05, 4.69) is 0 Å². The van der Waals surface area contributed by atoms with Gasteiger partial charge in [-0.25, -0.2) is 9.18 Å². The molecule has 3 nitrogen and oxygen atoms in total. The van der Waals surface area contributed by atoms with Crippen molar-refractivity contribution in [1.29, 1.82) is 0 Å². The van der Waals surface area contributed by atoms with E-state index < -0.39 is 5.82 Å². The molecule has 0 aromatic heterocycles. The summed E-state index contributed by atoms with van der Waals surface area (Å²) in [4.78, 5) is 15.6. The molecule has 0 fully saturated rings. The van der Waals surface area contributed by atoms with Gasteiger partial charge in [-0.05, 0) is 30.2 Å². The van der Waals surface area contributed by atoms with Crippen molar-refractivity contribution in [3.8, 4) is 0 Å². The summed E-state index contributed by atoms with van der Waals surface area (Å²) in [6.07, 6.45) is 0.840. The lowest BCUT2D eigenvalue weighted by Gasteiger charge is -2.25. The zero-order chi connectivity index (χ0) is 14.1. The molecule has 0 saturated carbocycles. The molecule has 0 aliphatic carbocycles. The summed E-state index contributed by atoms with van der Waals surface area (Å²) in [6, 6.07) is 13.9. The van der Waals surface area contributed by atoms with E-state index in [-0.39, 0.29) is 6.03 Å².